The van der Waals surface area contributed by atoms with Crippen LogP contribution >= 0.6 is 0 Å². The Bertz CT molecular complexity index is 1220. The second-order valence-electron chi connectivity index (χ2n) is 7.22. The van der Waals surface area contributed by atoms with E-state index in [1.165, 1.54) is 0 Å². The molecular formula is C23H22N4O. The lowest BCUT2D eigenvalue weighted by molar-refractivity contribution is 0.0780. The predicted molar refractivity (Wildman–Crippen MR) is 111 cm³/mol. The van der Waals surface area contributed by atoms with Crippen LogP contribution in [0.3, 0.4) is 0 Å². The molecule has 0 aliphatic carbocycles. The number of carbonyl (C=O) groups excluding carboxylic acids is 1. The summed E-state index contributed by atoms with van der Waals surface area (Å²) in [6, 6.07) is 15.9. The van der Waals surface area contributed by atoms with Crippen molar-refractivity contribution >= 4 is 27.7 Å². The molecule has 5 heteroatoms. The highest BCUT2D eigenvalue weighted by molar-refractivity contribution is 5.98. The molecule has 4 rings (SSSR count). The Hall–Kier alpha value is -3.34. The molecule has 2 heterocycles. The number of rotatable bonds is 3. The van der Waals surface area contributed by atoms with Gasteiger partial charge in [-0.1, -0.05) is 29.8 Å². The molecule has 2 aromatic carbocycles. The van der Waals surface area contributed by atoms with Crippen LogP contribution in [-0.2, 0) is 6.54 Å². The summed E-state index contributed by atoms with van der Waals surface area (Å²) in [6.07, 6.45) is 0. The van der Waals surface area contributed by atoms with E-state index in [1.54, 1.807) is 11.9 Å². The summed E-state index contributed by atoms with van der Waals surface area (Å²) < 4.78 is 0. The highest BCUT2D eigenvalue weighted by atomic mass is 16.2. The standard InChI is InChI=1S/C23H22N4O/c1-14-9-10-20-17(11-14)12-19(16(3)24-20)23(28)27(4)13-22-25-15(2)18-7-5-6-8-21(18)26-22/h5-12H,13H2,1-4H3. The molecule has 1 amide bonds. The van der Waals surface area contributed by atoms with E-state index in [2.05, 4.69) is 15.0 Å². The van der Waals surface area contributed by atoms with Crippen molar-refractivity contribution in [3.05, 3.63) is 76.9 Å². The van der Waals surface area contributed by atoms with Gasteiger partial charge in [0.05, 0.1) is 28.8 Å². The molecule has 28 heavy (non-hydrogen) atoms. The highest BCUT2D eigenvalue weighted by Crippen LogP contribution is 2.20. The zero-order chi connectivity index (χ0) is 19.8. The molecule has 5 nitrogen and oxygen atoms in total. The second-order valence-corrected chi connectivity index (χ2v) is 7.22. The first kappa shape index (κ1) is 18.0. The van der Waals surface area contributed by atoms with Crippen molar-refractivity contribution < 1.29 is 4.79 Å². The fraction of sp³-hybridized carbons (Fsp3) is 0.217. The Kier molecular flexibility index (Phi) is 4.51. The molecule has 0 aliphatic heterocycles. The molecule has 0 atom stereocenters. The molecule has 0 fully saturated rings. The van der Waals surface area contributed by atoms with Gasteiger partial charge in [-0.3, -0.25) is 9.78 Å². The van der Waals surface area contributed by atoms with Crippen LogP contribution in [-0.4, -0.2) is 32.8 Å². The Morgan fingerprint density at radius 3 is 2.50 bits per heavy atom. The molecule has 0 bridgehead atoms. The van der Waals surface area contributed by atoms with Crippen LogP contribution in [0.2, 0.25) is 0 Å². The third-order valence-electron chi connectivity index (χ3n) is 4.96. The maximum absolute atomic E-state index is 13.1. The molecule has 4 aromatic rings. The van der Waals surface area contributed by atoms with Crippen molar-refractivity contribution in [2.45, 2.75) is 27.3 Å². The van der Waals surface area contributed by atoms with Crippen LogP contribution in [0.4, 0.5) is 0 Å². The van der Waals surface area contributed by atoms with Crippen molar-refractivity contribution in [3.63, 3.8) is 0 Å². The van der Waals surface area contributed by atoms with Crippen LogP contribution in [0.15, 0.2) is 48.5 Å². The lowest BCUT2D eigenvalue weighted by Gasteiger charge is -2.18. The molecule has 0 saturated heterocycles. The van der Waals surface area contributed by atoms with Gasteiger partial charge in [-0.15, -0.1) is 0 Å². The third kappa shape index (κ3) is 3.31. The summed E-state index contributed by atoms with van der Waals surface area (Å²) in [7, 11) is 1.77. The minimum Gasteiger partial charge on any atom is -0.334 e. The monoisotopic (exact) mass is 370 g/mol. The summed E-state index contributed by atoms with van der Waals surface area (Å²) in [5.41, 5.74) is 5.19. The van der Waals surface area contributed by atoms with Gasteiger partial charge >= 0.3 is 0 Å². The molecule has 0 spiro atoms. The molecule has 0 saturated carbocycles. The van der Waals surface area contributed by atoms with Crippen molar-refractivity contribution in [2.75, 3.05) is 7.05 Å². The SMILES string of the molecule is Cc1ccc2nc(C)c(C(=O)N(C)Cc3nc(C)c4ccccc4n3)cc2c1. The third-order valence-corrected chi connectivity index (χ3v) is 4.96. The van der Waals surface area contributed by atoms with E-state index in [4.69, 9.17) is 0 Å². The minimum atomic E-state index is -0.0807. The topological polar surface area (TPSA) is 59.0 Å². The first-order valence-electron chi connectivity index (χ1n) is 9.28. The van der Waals surface area contributed by atoms with Crippen molar-refractivity contribution in [1.29, 1.82) is 0 Å². The number of hydrogen-bond donors (Lipinski definition) is 0. The Labute approximate surface area is 164 Å². The largest absolute Gasteiger partial charge is 0.334 e. The number of benzene rings is 2. The number of carbonyl (C=O) groups is 1. The van der Waals surface area contributed by atoms with E-state index in [0.717, 1.165) is 38.8 Å². The Morgan fingerprint density at radius 2 is 1.68 bits per heavy atom. The Morgan fingerprint density at radius 1 is 0.893 bits per heavy atom. The first-order valence-corrected chi connectivity index (χ1v) is 9.28. The van der Waals surface area contributed by atoms with Crippen molar-refractivity contribution in [1.82, 2.24) is 19.9 Å². The molecule has 0 radical (unpaired) electrons. The van der Waals surface area contributed by atoms with Gasteiger partial charge in [0.15, 0.2) is 0 Å². The van der Waals surface area contributed by atoms with Gasteiger partial charge in [-0.05, 0) is 45.0 Å². The van der Waals surface area contributed by atoms with E-state index >= 15 is 0 Å². The maximum Gasteiger partial charge on any atom is 0.255 e. The van der Waals surface area contributed by atoms with Crippen molar-refractivity contribution in [2.24, 2.45) is 0 Å². The predicted octanol–water partition coefficient (Wildman–Crippen LogP) is 4.38. The number of amides is 1. The normalized spacial score (nSPS) is 11.1. The maximum atomic E-state index is 13.1. The van der Waals surface area contributed by atoms with Gasteiger partial charge in [0.1, 0.15) is 5.82 Å². The van der Waals surface area contributed by atoms with Crippen LogP contribution in [0, 0.1) is 20.8 Å². The Balaban J connectivity index is 1.65. The van der Waals surface area contributed by atoms with Crippen LogP contribution < -0.4 is 0 Å². The van der Waals surface area contributed by atoms with Crippen LogP contribution in [0.1, 0.15) is 33.1 Å². The minimum absolute atomic E-state index is 0.0807. The number of pyridine rings is 1. The molecular weight excluding hydrogens is 348 g/mol. The molecule has 0 N–H and O–H groups in total. The fourth-order valence-corrected chi connectivity index (χ4v) is 3.46. The number of aromatic nitrogens is 3. The number of aryl methyl sites for hydroxylation is 3. The van der Waals surface area contributed by atoms with Gasteiger partial charge < -0.3 is 4.90 Å². The molecule has 2 aromatic heterocycles. The average Bonchev–Trinajstić information content (AvgIpc) is 2.67. The number of hydrogen-bond acceptors (Lipinski definition) is 4. The number of nitrogens with zero attached hydrogens (tertiary/aromatic N) is 4. The van der Waals surface area contributed by atoms with E-state index in [9.17, 15) is 4.79 Å². The van der Waals surface area contributed by atoms with Gasteiger partial charge in [-0.2, -0.15) is 0 Å². The molecule has 0 unspecified atom stereocenters. The zero-order valence-corrected chi connectivity index (χ0v) is 16.5. The van der Waals surface area contributed by atoms with E-state index < -0.39 is 0 Å². The summed E-state index contributed by atoms with van der Waals surface area (Å²) in [4.78, 5) is 28.5. The summed E-state index contributed by atoms with van der Waals surface area (Å²) in [6.45, 7) is 6.22. The lowest BCUT2D eigenvalue weighted by atomic mass is 10.1. The number of para-hydroxylation sites is 1. The van der Waals surface area contributed by atoms with Crippen LogP contribution in [0.25, 0.3) is 21.8 Å². The van der Waals surface area contributed by atoms with E-state index in [1.807, 2.05) is 69.3 Å². The summed E-state index contributed by atoms with van der Waals surface area (Å²) in [5.74, 6) is 0.553. The van der Waals surface area contributed by atoms with E-state index in [-0.39, 0.29) is 5.91 Å². The van der Waals surface area contributed by atoms with Gasteiger partial charge in [-0.25, -0.2) is 9.97 Å². The number of fused-ring (bicyclic) bond motifs is 2. The molecule has 0 aliphatic rings. The summed E-state index contributed by atoms with van der Waals surface area (Å²) >= 11 is 0. The van der Waals surface area contributed by atoms with Crippen molar-refractivity contribution in [3.8, 4) is 0 Å². The average molecular weight is 370 g/mol. The quantitative estimate of drug-likeness (QED) is 0.537. The zero-order valence-electron chi connectivity index (χ0n) is 16.5. The van der Waals surface area contributed by atoms with Gasteiger partial charge in [0.25, 0.3) is 5.91 Å². The molecule has 140 valence electrons. The second kappa shape index (κ2) is 7.00. The first-order chi connectivity index (χ1) is 13.4. The van der Waals surface area contributed by atoms with Gasteiger partial charge in [0.2, 0.25) is 0 Å². The lowest BCUT2D eigenvalue weighted by Crippen LogP contribution is -2.28. The van der Waals surface area contributed by atoms with E-state index in [0.29, 0.717) is 17.9 Å². The van der Waals surface area contributed by atoms with Gasteiger partial charge in [0, 0.05) is 23.5 Å². The smallest absolute Gasteiger partial charge is 0.255 e. The summed E-state index contributed by atoms with van der Waals surface area (Å²) in [5, 5.41) is 2.00. The van der Waals surface area contributed by atoms with Crippen LogP contribution in [0.5, 0.6) is 0 Å². The highest BCUT2D eigenvalue weighted by Gasteiger charge is 2.18. The fourth-order valence-electron chi connectivity index (χ4n) is 3.46.